The van der Waals surface area contributed by atoms with Crippen LogP contribution in [0, 0.1) is 12.8 Å². The second-order valence-electron chi connectivity index (χ2n) is 9.52. The number of benzene rings is 2. The van der Waals surface area contributed by atoms with Crippen LogP contribution in [0.15, 0.2) is 48.5 Å². The average molecular weight is 405 g/mol. The number of para-hydroxylation sites is 1. The molecule has 2 heterocycles. The highest BCUT2D eigenvalue weighted by Crippen LogP contribution is 2.54. The van der Waals surface area contributed by atoms with Gasteiger partial charge >= 0.3 is 0 Å². The third kappa shape index (κ3) is 3.01. The van der Waals surface area contributed by atoms with Crippen molar-refractivity contribution in [2.45, 2.75) is 43.8 Å². The summed E-state index contributed by atoms with van der Waals surface area (Å²) in [5.41, 5.74) is 4.88. The molecule has 1 fully saturated rings. The summed E-state index contributed by atoms with van der Waals surface area (Å²) in [6.07, 6.45) is 3.28. The predicted octanol–water partition coefficient (Wildman–Crippen LogP) is 4.49. The van der Waals surface area contributed by atoms with Crippen molar-refractivity contribution < 1.29 is 9.84 Å². The van der Waals surface area contributed by atoms with Gasteiger partial charge in [0.2, 0.25) is 0 Å². The van der Waals surface area contributed by atoms with E-state index in [0.717, 1.165) is 43.5 Å². The van der Waals surface area contributed by atoms with E-state index in [1.54, 1.807) is 0 Å². The molecule has 1 aromatic heterocycles. The first-order valence-electron chi connectivity index (χ1n) is 11.1. The van der Waals surface area contributed by atoms with Gasteiger partial charge in [-0.1, -0.05) is 42.5 Å². The summed E-state index contributed by atoms with van der Waals surface area (Å²) in [6.45, 7) is 3.68. The Morgan fingerprint density at radius 1 is 1.10 bits per heavy atom. The predicted molar refractivity (Wildman–Crippen MR) is 121 cm³/mol. The smallest absolute Gasteiger partial charge is 0.109 e. The molecule has 0 bridgehead atoms. The molecule has 2 N–H and O–H groups in total. The normalized spacial score (nSPS) is 28.9. The molecule has 5 rings (SSSR count). The molecule has 30 heavy (non-hydrogen) atoms. The number of rotatable bonds is 3. The Morgan fingerprint density at radius 3 is 2.67 bits per heavy atom. The highest BCUT2D eigenvalue weighted by Gasteiger charge is 2.53. The molecule has 3 aromatic rings. The minimum Gasteiger partial charge on any atom is -0.385 e. The monoisotopic (exact) mass is 404 g/mol. The lowest BCUT2D eigenvalue weighted by Crippen LogP contribution is -2.52. The first kappa shape index (κ1) is 19.8. The Morgan fingerprint density at radius 2 is 1.87 bits per heavy atom. The highest BCUT2D eigenvalue weighted by molar-refractivity contribution is 5.85. The van der Waals surface area contributed by atoms with Gasteiger partial charge < -0.3 is 19.7 Å². The second kappa shape index (κ2) is 7.23. The first-order valence-corrected chi connectivity index (χ1v) is 11.1. The quantitative estimate of drug-likeness (QED) is 0.676. The van der Waals surface area contributed by atoms with Crippen LogP contribution in [-0.2, 0) is 22.4 Å². The van der Waals surface area contributed by atoms with Crippen molar-refractivity contribution in [1.82, 2.24) is 9.88 Å². The lowest BCUT2D eigenvalue weighted by atomic mass is 9.63. The second-order valence-corrected chi connectivity index (χ2v) is 9.52. The van der Waals surface area contributed by atoms with Crippen LogP contribution < -0.4 is 0 Å². The molecule has 3 unspecified atom stereocenters. The van der Waals surface area contributed by atoms with Gasteiger partial charge in [0.1, 0.15) is 5.60 Å². The Labute approximate surface area is 178 Å². The standard InChI is InChI=1S/C26H32N2O2/c1-18-8-4-6-10-22(18)26(29)14-13-25(16-19(26)17-28(2)3)24-21(12-15-30-25)20-9-5-7-11-23(20)27-24/h4-11,19,27,29H,12-17H2,1-3H3. The lowest BCUT2D eigenvalue weighted by molar-refractivity contribution is -0.166. The number of hydrogen-bond donors (Lipinski definition) is 2. The fourth-order valence-electron chi connectivity index (χ4n) is 5.96. The Balaban J connectivity index is 1.59. The summed E-state index contributed by atoms with van der Waals surface area (Å²) in [7, 11) is 4.19. The van der Waals surface area contributed by atoms with E-state index >= 15 is 0 Å². The molecular weight excluding hydrogens is 372 g/mol. The van der Waals surface area contributed by atoms with Gasteiger partial charge in [-0.15, -0.1) is 0 Å². The minimum absolute atomic E-state index is 0.0831. The third-order valence-electron chi connectivity index (χ3n) is 7.36. The van der Waals surface area contributed by atoms with Crippen LogP contribution in [0.1, 0.15) is 41.6 Å². The number of ether oxygens (including phenoxy) is 1. The Bertz CT molecular complexity index is 1070. The molecule has 2 aromatic carbocycles. The number of H-pyrrole nitrogens is 1. The van der Waals surface area contributed by atoms with Crippen LogP contribution >= 0.6 is 0 Å². The van der Waals surface area contributed by atoms with E-state index in [0.29, 0.717) is 6.42 Å². The fourth-order valence-corrected chi connectivity index (χ4v) is 5.96. The van der Waals surface area contributed by atoms with Crippen LogP contribution in [0.4, 0.5) is 0 Å². The molecular formula is C26H32N2O2. The maximum Gasteiger partial charge on any atom is 0.109 e. The van der Waals surface area contributed by atoms with Crippen molar-refractivity contribution in [2.75, 3.05) is 27.2 Å². The van der Waals surface area contributed by atoms with Crippen molar-refractivity contribution >= 4 is 10.9 Å². The SMILES string of the molecule is Cc1ccccc1C1(O)CCC2(CC1CN(C)C)OCCc1c2[nH]c2ccccc12. The summed E-state index contributed by atoms with van der Waals surface area (Å²) >= 11 is 0. The van der Waals surface area contributed by atoms with Crippen LogP contribution in [0.25, 0.3) is 10.9 Å². The minimum atomic E-state index is -0.839. The lowest BCUT2D eigenvalue weighted by Gasteiger charge is -2.51. The van der Waals surface area contributed by atoms with Gasteiger partial charge in [0.25, 0.3) is 0 Å². The van der Waals surface area contributed by atoms with Gasteiger partial charge in [-0.05, 0) is 69.5 Å². The fraction of sp³-hybridized carbons (Fsp3) is 0.462. The van der Waals surface area contributed by atoms with Crippen LogP contribution in [-0.4, -0.2) is 42.2 Å². The molecule has 1 spiro atoms. The van der Waals surface area contributed by atoms with E-state index in [1.165, 1.54) is 22.2 Å². The van der Waals surface area contributed by atoms with Crippen LogP contribution in [0.5, 0.6) is 0 Å². The van der Waals surface area contributed by atoms with Crippen molar-refractivity contribution in [3.05, 3.63) is 70.9 Å². The average Bonchev–Trinajstić information content (AvgIpc) is 3.11. The summed E-state index contributed by atoms with van der Waals surface area (Å²) < 4.78 is 6.57. The Hall–Kier alpha value is -2.14. The van der Waals surface area contributed by atoms with Gasteiger partial charge in [0.15, 0.2) is 0 Å². The van der Waals surface area contributed by atoms with E-state index in [1.807, 2.05) is 6.07 Å². The maximum atomic E-state index is 12.0. The van der Waals surface area contributed by atoms with E-state index in [4.69, 9.17) is 4.74 Å². The largest absolute Gasteiger partial charge is 0.385 e. The molecule has 2 aliphatic rings. The van der Waals surface area contributed by atoms with E-state index in [9.17, 15) is 5.11 Å². The molecule has 0 saturated heterocycles. The third-order valence-corrected chi connectivity index (χ3v) is 7.36. The van der Waals surface area contributed by atoms with E-state index in [-0.39, 0.29) is 11.5 Å². The number of nitrogens with one attached hydrogen (secondary N) is 1. The van der Waals surface area contributed by atoms with Gasteiger partial charge in [-0.3, -0.25) is 0 Å². The number of aryl methyl sites for hydroxylation is 1. The number of aromatic amines is 1. The molecule has 0 radical (unpaired) electrons. The molecule has 1 aliphatic heterocycles. The molecule has 4 heteroatoms. The summed E-state index contributed by atoms with van der Waals surface area (Å²) in [6, 6.07) is 16.9. The van der Waals surface area contributed by atoms with Crippen molar-refractivity contribution in [3.8, 4) is 0 Å². The molecule has 1 aliphatic carbocycles. The van der Waals surface area contributed by atoms with Crippen LogP contribution in [0.2, 0.25) is 0 Å². The van der Waals surface area contributed by atoms with Gasteiger partial charge in [0.05, 0.1) is 17.9 Å². The van der Waals surface area contributed by atoms with Crippen molar-refractivity contribution in [2.24, 2.45) is 5.92 Å². The maximum absolute atomic E-state index is 12.0. The van der Waals surface area contributed by atoms with E-state index in [2.05, 4.69) is 73.4 Å². The first-order chi connectivity index (χ1) is 14.4. The number of aliphatic hydroxyl groups is 1. The molecule has 1 saturated carbocycles. The number of aromatic nitrogens is 1. The zero-order valence-electron chi connectivity index (χ0n) is 18.2. The van der Waals surface area contributed by atoms with Crippen molar-refractivity contribution in [1.29, 1.82) is 0 Å². The Kier molecular flexibility index (Phi) is 4.77. The summed E-state index contributed by atoms with van der Waals surface area (Å²) in [4.78, 5) is 5.91. The molecule has 0 amide bonds. The van der Waals surface area contributed by atoms with E-state index < -0.39 is 5.60 Å². The van der Waals surface area contributed by atoms with Crippen LogP contribution in [0.3, 0.4) is 0 Å². The van der Waals surface area contributed by atoms with Gasteiger partial charge in [0, 0.05) is 23.4 Å². The number of nitrogens with zero attached hydrogens (tertiary/aromatic N) is 1. The summed E-state index contributed by atoms with van der Waals surface area (Å²) in [5.74, 6) is 0.0831. The summed E-state index contributed by atoms with van der Waals surface area (Å²) in [5, 5.41) is 13.4. The highest BCUT2D eigenvalue weighted by atomic mass is 16.5. The van der Waals surface area contributed by atoms with Gasteiger partial charge in [-0.25, -0.2) is 0 Å². The molecule has 4 nitrogen and oxygen atoms in total. The number of fused-ring (bicyclic) bond motifs is 4. The number of hydrogen-bond acceptors (Lipinski definition) is 3. The molecule has 3 atom stereocenters. The molecule has 158 valence electrons. The topological polar surface area (TPSA) is 48.5 Å². The van der Waals surface area contributed by atoms with Gasteiger partial charge in [-0.2, -0.15) is 0 Å². The zero-order valence-corrected chi connectivity index (χ0v) is 18.2. The zero-order chi connectivity index (χ0) is 20.9. The van der Waals surface area contributed by atoms with Crippen molar-refractivity contribution in [3.63, 3.8) is 0 Å².